The molecule has 0 aliphatic carbocycles. The van der Waals surface area contributed by atoms with Gasteiger partial charge in [0.25, 0.3) is 0 Å². The standard InChI is InChI=1S/C30H38N2O6S2/c1-24-11-13-27(39-24)22-31(18-15-26-12-14-28(37-3)29(21-26)38-4)30(33)23-32(17-8-19-36-2)40(34,35)20-16-25-9-6-5-7-10-25/h5-7,9-14,16,20-21H,8,15,17-19,22-23H2,1-4H3. The topological polar surface area (TPSA) is 85.4 Å². The minimum Gasteiger partial charge on any atom is -0.493 e. The van der Waals surface area contributed by atoms with E-state index in [-0.39, 0.29) is 19.0 Å². The summed E-state index contributed by atoms with van der Waals surface area (Å²) in [6.45, 7) is 3.13. The minimum atomic E-state index is -3.86. The molecule has 216 valence electrons. The second-order valence-corrected chi connectivity index (χ2v) is 12.4. The van der Waals surface area contributed by atoms with E-state index in [1.807, 2.05) is 67.6 Å². The molecule has 0 atom stereocenters. The van der Waals surface area contributed by atoms with Crippen molar-refractivity contribution in [2.45, 2.75) is 26.3 Å². The molecule has 2 aromatic carbocycles. The Morgan fingerprint density at radius 3 is 2.35 bits per heavy atom. The SMILES string of the molecule is COCCCN(CC(=O)N(CCc1ccc(OC)c(OC)c1)Cc1ccc(C)s1)S(=O)(=O)C=Cc1ccccc1. The number of sulfonamides is 1. The van der Waals surface area contributed by atoms with Crippen LogP contribution in [0.25, 0.3) is 6.08 Å². The predicted molar refractivity (Wildman–Crippen MR) is 160 cm³/mol. The molecule has 0 saturated carbocycles. The van der Waals surface area contributed by atoms with Crippen LogP contribution in [0.2, 0.25) is 0 Å². The van der Waals surface area contributed by atoms with Gasteiger partial charge in [-0.1, -0.05) is 36.4 Å². The van der Waals surface area contributed by atoms with E-state index in [1.165, 1.54) is 9.71 Å². The van der Waals surface area contributed by atoms with Crippen molar-refractivity contribution in [3.05, 3.63) is 87.0 Å². The van der Waals surface area contributed by atoms with Crippen LogP contribution in [0, 0.1) is 6.92 Å². The average molecular weight is 587 g/mol. The van der Waals surface area contributed by atoms with Crippen LogP contribution in [-0.2, 0) is 32.5 Å². The molecular weight excluding hydrogens is 548 g/mol. The lowest BCUT2D eigenvalue weighted by Gasteiger charge is -2.26. The highest BCUT2D eigenvalue weighted by Gasteiger charge is 2.25. The van der Waals surface area contributed by atoms with Gasteiger partial charge in [0.05, 0.1) is 27.3 Å². The zero-order valence-corrected chi connectivity index (χ0v) is 25.2. The van der Waals surface area contributed by atoms with Gasteiger partial charge in [-0.25, -0.2) is 8.42 Å². The van der Waals surface area contributed by atoms with E-state index >= 15 is 0 Å². The lowest BCUT2D eigenvalue weighted by Crippen LogP contribution is -2.43. The van der Waals surface area contributed by atoms with Gasteiger partial charge >= 0.3 is 0 Å². The monoisotopic (exact) mass is 586 g/mol. The molecule has 3 rings (SSSR count). The number of hydrogen-bond acceptors (Lipinski definition) is 7. The Hall–Kier alpha value is -3.18. The van der Waals surface area contributed by atoms with Gasteiger partial charge in [-0.05, 0) is 61.2 Å². The van der Waals surface area contributed by atoms with Crippen molar-refractivity contribution < 1.29 is 27.4 Å². The molecule has 0 aliphatic heterocycles. The molecule has 0 N–H and O–H groups in total. The summed E-state index contributed by atoms with van der Waals surface area (Å²) in [4.78, 5) is 17.6. The van der Waals surface area contributed by atoms with Crippen LogP contribution in [0.15, 0.2) is 66.1 Å². The molecule has 0 spiro atoms. The number of thiophene rings is 1. The van der Waals surface area contributed by atoms with Crippen molar-refractivity contribution in [1.82, 2.24) is 9.21 Å². The average Bonchev–Trinajstić information content (AvgIpc) is 3.38. The maximum atomic E-state index is 13.7. The third-order valence-electron chi connectivity index (χ3n) is 6.27. The number of carbonyl (C=O) groups excluding carboxylic acids is 1. The fourth-order valence-electron chi connectivity index (χ4n) is 4.10. The maximum absolute atomic E-state index is 13.7. The summed E-state index contributed by atoms with van der Waals surface area (Å²) in [5, 5.41) is 1.17. The van der Waals surface area contributed by atoms with E-state index < -0.39 is 10.0 Å². The van der Waals surface area contributed by atoms with Crippen LogP contribution >= 0.6 is 11.3 Å². The summed E-state index contributed by atoms with van der Waals surface area (Å²) in [5.74, 6) is 0.988. The summed E-state index contributed by atoms with van der Waals surface area (Å²) < 4.78 is 43.8. The highest BCUT2D eigenvalue weighted by molar-refractivity contribution is 7.92. The van der Waals surface area contributed by atoms with Gasteiger partial charge in [0, 0.05) is 42.0 Å². The molecule has 10 heteroatoms. The quantitative estimate of drug-likeness (QED) is 0.220. The Labute approximate surface area is 241 Å². The number of nitrogens with zero attached hydrogens (tertiary/aromatic N) is 2. The Morgan fingerprint density at radius 1 is 0.950 bits per heavy atom. The van der Waals surface area contributed by atoms with Crippen LogP contribution in [0.5, 0.6) is 11.5 Å². The van der Waals surface area contributed by atoms with Crippen LogP contribution in [-0.4, -0.2) is 71.1 Å². The lowest BCUT2D eigenvalue weighted by molar-refractivity contribution is -0.132. The van der Waals surface area contributed by atoms with Gasteiger partial charge in [-0.15, -0.1) is 11.3 Å². The number of methoxy groups -OCH3 is 3. The summed E-state index contributed by atoms with van der Waals surface area (Å²) in [6, 6.07) is 18.9. The van der Waals surface area contributed by atoms with E-state index in [9.17, 15) is 13.2 Å². The molecule has 0 bridgehead atoms. The number of aryl methyl sites for hydroxylation is 1. The predicted octanol–water partition coefficient (Wildman–Crippen LogP) is 4.98. The van der Waals surface area contributed by atoms with Crippen molar-refractivity contribution in [2.24, 2.45) is 0 Å². The van der Waals surface area contributed by atoms with Gasteiger partial charge < -0.3 is 19.1 Å². The van der Waals surface area contributed by atoms with E-state index in [0.717, 1.165) is 20.9 Å². The number of ether oxygens (including phenoxy) is 3. The molecule has 0 saturated heterocycles. The van der Waals surface area contributed by atoms with Gasteiger partial charge in [0.15, 0.2) is 11.5 Å². The molecule has 0 fully saturated rings. The molecule has 0 aliphatic rings. The zero-order valence-electron chi connectivity index (χ0n) is 23.5. The maximum Gasteiger partial charge on any atom is 0.238 e. The third-order valence-corrected chi connectivity index (χ3v) is 8.77. The van der Waals surface area contributed by atoms with Crippen molar-refractivity contribution >= 4 is 33.3 Å². The largest absolute Gasteiger partial charge is 0.493 e. The van der Waals surface area contributed by atoms with Crippen LogP contribution in [0.4, 0.5) is 0 Å². The smallest absolute Gasteiger partial charge is 0.238 e. The Bertz CT molecular complexity index is 1360. The van der Waals surface area contributed by atoms with E-state index in [0.29, 0.717) is 44.0 Å². The fraction of sp³-hybridized carbons (Fsp3) is 0.367. The highest BCUT2D eigenvalue weighted by Crippen LogP contribution is 2.28. The van der Waals surface area contributed by atoms with Crippen LogP contribution < -0.4 is 9.47 Å². The van der Waals surface area contributed by atoms with E-state index in [1.54, 1.807) is 43.6 Å². The number of rotatable bonds is 16. The van der Waals surface area contributed by atoms with E-state index in [2.05, 4.69) is 0 Å². The Balaban J connectivity index is 1.81. The summed E-state index contributed by atoms with van der Waals surface area (Å²) in [6.07, 6.45) is 2.59. The molecule has 40 heavy (non-hydrogen) atoms. The second kappa shape index (κ2) is 15.6. The van der Waals surface area contributed by atoms with Gasteiger partial charge in [0.1, 0.15) is 0 Å². The van der Waals surface area contributed by atoms with Crippen molar-refractivity contribution in [3.63, 3.8) is 0 Å². The molecular formula is C30H38N2O6S2. The first-order valence-electron chi connectivity index (χ1n) is 13.0. The molecule has 1 amide bonds. The number of hydrogen-bond donors (Lipinski definition) is 0. The zero-order chi connectivity index (χ0) is 29.0. The highest BCUT2D eigenvalue weighted by atomic mass is 32.2. The van der Waals surface area contributed by atoms with Crippen molar-refractivity contribution in [1.29, 1.82) is 0 Å². The minimum absolute atomic E-state index is 0.169. The second-order valence-electron chi connectivity index (χ2n) is 9.21. The van der Waals surface area contributed by atoms with Gasteiger partial charge in [-0.3, -0.25) is 4.79 Å². The molecule has 1 aromatic heterocycles. The molecule has 0 unspecified atom stereocenters. The third kappa shape index (κ3) is 9.48. The van der Waals surface area contributed by atoms with Crippen molar-refractivity contribution in [2.75, 3.05) is 47.6 Å². The number of carbonyl (C=O) groups is 1. The Morgan fingerprint density at radius 2 is 1.70 bits per heavy atom. The lowest BCUT2D eigenvalue weighted by atomic mass is 10.1. The summed E-state index contributed by atoms with van der Waals surface area (Å²) in [7, 11) is 0.878. The van der Waals surface area contributed by atoms with Crippen molar-refractivity contribution in [3.8, 4) is 11.5 Å². The fourth-order valence-corrected chi connectivity index (χ4v) is 6.18. The normalized spacial score (nSPS) is 11.7. The van der Waals surface area contributed by atoms with Gasteiger partial charge in [0.2, 0.25) is 15.9 Å². The first kappa shape index (κ1) is 31.3. The number of amides is 1. The number of benzene rings is 2. The molecule has 0 radical (unpaired) electrons. The summed E-state index contributed by atoms with van der Waals surface area (Å²) in [5.41, 5.74) is 1.74. The first-order valence-corrected chi connectivity index (χ1v) is 15.3. The summed E-state index contributed by atoms with van der Waals surface area (Å²) >= 11 is 1.62. The first-order chi connectivity index (χ1) is 19.2. The Kier molecular flexibility index (Phi) is 12.2. The molecule has 1 heterocycles. The molecule has 8 nitrogen and oxygen atoms in total. The molecule has 3 aromatic rings. The van der Waals surface area contributed by atoms with E-state index in [4.69, 9.17) is 14.2 Å². The van der Waals surface area contributed by atoms with Crippen LogP contribution in [0.1, 0.15) is 27.3 Å². The van der Waals surface area contributed by atoms with Gasteiger partial charge in [-0.2, -0.15) is 4.31 Å². The van der Waals surface area contributed by atoms with Crippen LogP contribution in [0.3, 0.4) is 0 Å².